The normalized spacial score (nSPS) is 23.5. The van der Waals surface area contributed by atoms with Gasteiger partial charge in [0.2, 0.25) is 0 Å². The summed E-state index contributed by atoms with van der Waals surface area (Å²) in [5.74, 6) is 0.579. The highest BCUT2D eigenvalue weighted by molar-refractivity contribution is 5.23. The molecule has 0 heterocycles. The highest BCUT2D eigenvalue weighted by atomic mass is 16.3. The molecule has 0 saturated carbocycles. The first-order chi connectivity index (χ1) is 5.36. The predicted molar refractivity (Wildman–Crippen MR) is 47.3 cm³/mol. The van der Waals surface area contributed by atoms with E-state index < -0.39 is 0 Å². The third-order valence-electron chi connectivity index (χ3n) is 2.17. The molecule has 0 fully saturated rings. The molecule has 0 bridgehead atoms. The number of hydrogen-bond donors (Lipinski definition) is 1. The van der Waals surface area contributed by atoms with Crippen LogP contribution in [0.5, 0.6) is 0 Å². The van der Waals surface area contributed by atoms with Crippen LogP contribution in [0.15, 0.2) is 23.8 Å². The van der Waals surface area contributed by atoms with Gasteiger partial charge in [0.25, 0.3) is 0 Å². The molecule has 1 heteroatoms. The van der Waals surface area contributed by atoms with Crippen molar-refractivity contribution in [3.05, 3.63) is 23.8 Å². The van der Waals surface area contributed by atoms with Crippen LogP contribution in [0.3, 0.4) is 0 Å². The molecule has 1 atom stereocenters. The highest BCUT2D eigenvalue weighted by Gasteiger charge is 2.06. The van der Waals surface area contributed by atoms with Crippen LogP contribution in [0.4, 0.5) is 0 Å². The van der Waals surface area contributed by atoms with Crippen LogP contribution in [0, 0.1) is 5.92 Å². The van der Waals surface area contributed by atoms with Crippen molar-refractivity contribution in [2.75, 3.05) is 6.61 Å². The Morgan fingerprint density at radius 1 is 1.64 bits per heavy atom. The Bertz CT molecular complexity index is 168. The first-order valence-corrected chi connectivity index (χ1v) is 4.35. The van der Waals surface area contributed by atoms with E-state index in [1.165, 1.54) is 5.57 Å². The van der Waals surface area contributed by atoms with E-state index in [4.69, 9.17) is 5.11 Å². The maximum absolute atomic E-state index is 8.69. The van der Waals surface area contributed by atoms with E-state index in [1.54, 1.807) is 0 Å². The summed E-state index contributed by atoms with van der Waals surface area (Å²) in [7, 11) is 0. The lowest BCUT2D eigenvalue weighted by molar-refractivity contribution is 0.270. The number of aliphatic hydroxyl groups excluding tert-OH is 1. The van der Waals surface area contributed by atoms with Crippen LogP contribution < -0.4 is 0 Å². The first kappa shape index (κ1) is 8.54. The molecule has 0 aromatic carbocycles. The van der Waals surface area contributed by atoms with E-state index in [0.717, 1.165) is 19.3 Å². The fraction of sp³-hybridized carbons (Fsp3) is 0.600. The molecule has 1 aliphatic rings. The summed E-state index contributed by atoms with van der Waals surface area (Å²) in [6, 6.07) is 0. The molecule has 1 N–H and O–H groups in total. The van der Waals surface area contributed by atoms with Gasteiger partial charge in [0.15, 0.2) is 0 Å². The molecule has 0 saturated heterocycles. The minimum atomic E-state index is 0.310. The molecular formula is C10H16O. The molecule has 62 valence electrons. The molecule has 11 heavy (non-hydrogen) atoms. The van der Waals surface area contributed by atoms with Gasteiger partial charge in [0.1, 0.15) is 0 Å². The molecule has 1 aliphatic carbocycles. The van der Waals surface area contributed by atoms with Gasteiger partial charge in [-0.05, 0) is 25.2 Å². The van der Waals surface area contributed by atoms with Crippen molar-refractivity contribution in [2.45, 2.75) is 26.2 Å². The molecule has 1 rings (SSSR count). The van der Waals surface area contributed by atoms with Gasteiger partial charge in [-0.15, -0.1) is 0 Å². The van der Waals surface area contributed by atoms with E-state index in [2.05, 4.69) is 25.2 Å². The van der Waals surface area contributed by atoms with Crippen LogP contribution in [-0.2, 0) is 0 Å². The summed E-state index contributed by atoms with van der Waals surface area (Å²) in [4.78, 5) is 0. The van der Waals surface area contributed by atoms with Gasteiger partial charge in [-0.2, -0.15) is 0 Å². The van der Waals surface area contributed by atoms with Gasteiger partial charge in [-0.1, -0.05) is 30.7 Å². The Kier molecular flexibility index (Phi) is 3.37. The summed E-state index contributed by atoms with van der Waals surface area (Å²) in [6.07, 6.45) is 9.83. The molecule has 0 amide bonds. The minimum absolute atomic E-state index is 0.310. The van der Waals surface area contributed by atoms with Crippen LogP contribution in [-0.4, -0.2) is 11.7 Å². The van der Waals surface area contributed by atoms with Crippen molar-refractivity contribution >= 4 is 0 Å². The van der Waals surface area contributed by atoms with Crippen molar-refractivity contribution < 1.29 is 5.11 Å². The van der Waals surface area contributed by atoms with Gasteiger partial charge in [0.05, 0.1) is 0 Å². The fourth-order valence-corrected chi connectivity index (χ4v) is 1.35. The van der Waals surface area contributed by atoms with Crippen LogP contribution in [0.1, 0.15) is 26.2 Å². The molecule has 1 unspecified atom stereocenters. The van der Waals surface area contributed by atoms with Gasteiger partial charge >= 0.3 is 0 Å². The standard InChI is InChI=1S/C10H16O/c1-2-9-3-5-10(6-4-9)7-8-11/h3-5,10-11H,2,6-8H2,1H3. The summed E-state index contributed by atoms with van der Waals surface area (Å²) >= 11 is 0. The summed E-state index contributed by atoms with van der Waals surface area (Å²) < 4.78 is 0. The minimum Gasteiger partial charge on any atom is -0.396 e. The van der Waals surface area contributed by atoms with Crippen molar-refractivity contribution in [1.29, 1.82) is 0 Å². The van der Waals surface area contributed by atoms with Gasteiger partial charge in [-0.3, -0.25) is 0 Å². The Morgan fingerprint density at radius 3 is 2.91 bits per heavy atom. The van der Waals surface area contributed by atoms with Crippen molar-refractivity contribution in [1.82, 2.24) is 0 Å². The average Bonchev–Trinajstić information content (AvgIpc) is 2.07. The summed E-state index contributed by atoms with van der Waals surface area (Å²) in [5.41, 5.74) is 1.43. The largest absolute Gasteiger partial charge is 0.396 e. The lowest BCUT2D eigenvalue weighted by Gasteiger charge is -2.13. The van der Waals surface area contributed by atoms with Crippen LogP contribution in [0.25, 0.3) is 0 Å². The monoisotopic (exact) mass is 152 g/mol. The van der Waals surface area contributed by atoms with Gasteiger partial charge < -0.3 is 5.11 Å². The Balaban J connectivity index is 2.37. The molecule has 0 spiro atoms. The molecule has 0 radical (unpaired) electrons. The van der Waals surface area contributed by atoms with Crippen molar-refractivity contribution in [3.63, 3.8) is 0 Å². The lowest BCUT2D eigenvalue weighted by Crippen LogP contribution is -2.01. The molecule has 1 nitrogen and oxygen atoms in total. The highest BCUT2D eigenvalue weighted by Crippen LogP contribution is 2.20. The summed E-state index contributed by atoms with van der Waals surface area (Å²) in [6.45, 7) is 2.48. The van der Waals surface area contributed by atoms with E-state index in [0.29, 0.717) is 12.5 Å². The quantitative estimate of drug-likeness (QED) is 0.657. The molecular weight excluding hydrogens is 136 g/mol. The third-order valence-corrected chi connectivity index (χ3v) is 2.17. The van der Waals surface area contributed by atoms with E-state index in [-0.39, 0.29) is 0 Å². The first-order valence-electron chi connectivity index (χ1n) is 4.35. The SMILES string of the molecule is CCC1=CCC(CCO)C=C1. The Hall–Kier alpha value is -0.560. The van der Waals surface area contributed by atoms with Crippen molar-refractivity contribution in [3.8, 4) is 0 Å². The topological polar surface area (TPSA) is 20.2 Å². The fourth-order valence-electron chi connectivity index (χ4n) is 1.35. The van der Waals surface area contributed by atoms with E-state index in [1.807, 2.05) is 0 Å². The maximum atomic E-state index is 8.69. The Labute approximate surface area is 68.4 Å². The van der Waals surface area contributed by atoms with Gasteiger partial charge in [-0.25, -0.2) is 0 Å². The van der Waals surface area contributed by atoms with Crippen molar-refractivity contribution in [2.24, 2.45) is 5.92 Å². The third kappa shape index (κ3) is 2.51. The number of aliphatic hydroxyl groups is 1. The molecule has 0 aromatic rings. The van der Waals surface area contributed by atoms with Gasteiger partial charge in [0, 0.05) is 6.61 Å². The maximum Gasteiger partial charge on any atom is 0.0436 e. The molecule has 0 aliphatic heterocycles. The summed E-state index contributed by atoms with van der Waals surface area (Å²) in [5, 5.41) is 8.69. The zero-order chi connectivity index (χ0) is 8.10. The predicted octanol–water partition coefficient (Wildman–Crippen LogP) is 2.28. The van der Waals surface area contributed by atoms with E-state index >= 15 is 0 Å². The second kappa shape index (κ2) is 4.35. The van der Waals surface area contributed by atoms with Crippen LogP contribution in [0.2, 0.25) is 0 Å². The second-order valence-electron chi connectivity index (χ2n) is 3.00. The zero-order valence-corrected chi connectivity index (χ0v) is 7.09. The lowest BCUT2D eigenvalue weighted by atomic mass is 9.93. The number of hydrogen-bond acceptors (Lipinski definition) is 1. The Morgan fingerprint density at radius 2 is 2.45 bits per heavy atom. The number of rotatable bonds is 3. The number of allylic oxidation sites excluding steroid dienone is 4. The van der Waals surface area contributed by atoms with E-state index in [9.17, 15) is 0 Å². The molecule has 0 aromatic heterocycles. The van der Waals surface area contributed by atoms with Crippen LogP contribution >= 0.6 is 0 Å². The second-order valence-corrected chi connectivity index (χ2v) is 3.00. The smallest absolute Gasteiger partial charge is 0.0436 e. The zero-order valence-electron chi connectivity index (χ0n) is 7.09. The average molecular weight is 152 g/mol.